The number of aromatic nitrogens is 2. The number of morpholine rings is 1. The molecule has 154 valence electrons. The van der Waals surface area contributed by atoms with Crippen molar-refractivity contribution in [1.29, 1.82) is 0 Å². The average Bonchev–Trinajstić information content (AvgIpc) is 2.74. The average molecular weight is 433 g/mol. The van der Waals surface area contributed by atoms with Gasteiger partial charge in [-0.2, -0.15) is 4.98 Å². The zero-order chi connectivity index (χ0) is 20.1. The quantitative estimate of drug-likeness (QED) is 0.551. The van der Waals surface area contributed by atoms with E-state index in [2.05, 4.69) is 54.7 Å². The summed E-state index contributed by atoms with van der Waals surface area (Å²) in [6.07, 6.45) is 0.988. The second-order valence-corrected chi connectivity index (χ2v) is 7.94. The molecule has 2 aliphatic rings. The Bertz CT molecular complexity index is 861. The van der Waals surface area contributed by atoms with Crippen LogP contribution in [0, 0.1) is 0 Å². The fraction of sp³-hybridized carbons (Fsp3) is 0.450. The smallest absolute Gasteiger partial charge is 0.232 e. The number of nitrogens with zero attached hydrogens (tertiary/aromatic N) is 4. The van der Waals surface area contributed by atoms with Gasteiger partial charge in [-0.1, -0.05) is 35.9 Å². The van der Waals surface area contributed by atoms with Crippen molar-refractivity contribution in [3.05, 3.63) is 46.6 Å². The maximum absolute atomic E-state index is 6.26. The molecule has 4 rings (SSSR count). The summed E-state index contributed by atoms with van der Waals surface area (Å²) in [6, 6.07) is 10.3. The Balaban J connectivity index is 1.34. The van der Waals surface area contributed by atoms with Crippen molar-refractivity contribution in [2.24, 2.45) is 0 Å². The molecule has 2 aliphatic heterocycles. The fourth-order valence-corrected chi connectivity index (χ4v) is 3.98. The van der Waals surface area contributed by atoms with Gasteiger partial charge in [-0.3, -0.25) is 4.90 Å². The molecule has 1 aromatic carbocycles. The predicted molar refractivity (Wildman–Crippen MR) is 120 cm³/mol. The van der Waals surface area contributed by atoms with Crippen LogP contribution in [-0.2, 0) is 17.7 Å². The molecule has 0 atom stereocenters. The predicted octanol–water partition coefficient (Wildman–Crippen LogP) is 2.31. The largest absolute Gasteiger partial charge is 0.379 e. The van der Waals surface area contributed by atoms with Crippen LogP contribution in [0.4, 0.5) is 11.8 Å². The molecule has 0 aliphatic carbocycles. The lowest BCUT2D eigenvalue weighted by molar-refractivity contribution is 0.0389. The van der Waals surface area contributed by atoms with Gasteiger partial charge in [-0.25, -0.2) is 4.98 Å². The molecule has 0 amide bonds. The highest BCUT2D eigenvalue weighted by Gasteiger charge is 2.18. The van der Waals surface area contributed by atoms with E-state index in [1.54, 1.807) is 6.07 Å². The summed E-state index contributed by atoms with van der Waals surface area (Å²) in [4.78, 5) is 13.5. The Morgan fingerprint density at radius 3 is 2.76 bits per heavy atom. The van der Waals surface area contributed by atoms with Gasteiger partial charge in [0.25, 0.3) is 0 Å². The zero-order valence-corrected chi connectivity index (χ0v) is 17.8. The van der Waals surface area contributed by atoms with Gasteiger partial charge in [-0.15, -0.1) is 0 Å². The van der Waals surface area contributed by atoms with E-state index < -0.39 is 0 Å². The minimum Gasteiger partial charge on any atom is -0.379 e. The van der Waals surface area contributed by atoms with Gasteiger partial charge in [-0.05, 0) is 29.8 Å². The van der Waals surface area contributed by atoms with Crippen LogP contribution in [0.3, 0.4) is 0 Å². The summed E-state index contributed by atoms with van der Waals surface area (Å²) in [6.45, 7) is 6.88. The number of halogens is 1. The highest BCUT2D eigenvalue weighted by Crippen LogP contribution is 2.25. The molecule has 29 heavy (non-hydrogen) atoms. The van der Waals surface area contributed by atoms with Gasteiger partial charge in [0.1, 0.15) is 11.0 Å². The summed E-state index contributed by atoms with van der Waals surface area (Å²) in [5.41, 5.74) is 2.72. The molecule has 0 radical (unpaired) electrons. The van der Waals surface area contributed by atoms with E-state index in [-0.39, 0.29) is 0 Å². The van der Waals surface area contributed by atoms with Gasteiger partial charge in [0.2, 0.25) is 5.95 Å². The van der Waals surface area contributed by atoms with Crippen molar-refractivity contribution in [2.75, 3.05) is 56.2 Å². The first-order chi connectivity index (χ1) is 14.2. The van der Waals surface area contributed by atoms with E-state index >= 15 is 0 Å². The number of benzene rings is 1. The van der Waals surface area contributed by atoms with E-state index in [0.29, 0.717) is 16.2 Å². The number of anilines is 2. The molecule has 9 heteroatoms. The SMILES string of the molecule is S=C(NCCN1CCOCC1)Nc1nc(Cl)cc(N2CCc3ccccc3C2)n1. The number of hydrogen-bond acceptors (Lipinski definition) is 6. The number of thiocarbonyl (C=S) groups is 1. The van der Waals surface area contributed by atoms with Gasteiger partial charge >= 0.3 is 0 Å². The van der Waals surface area contributed by atoms with Crippen LogP contribution in [0.25, 0.3) is 0 Å². The Kier molecular flexibility index (Phi) is 6.76. The van der Waals surface area contributed by atoms with Crippen molar-refractivity contribution in [1.82, 2.24) is 20.2 Å². The molecule has 0 spiro atoms. The van der Waals surface area contributed by atoms with Crippen molar-refractivity contribution >= 4 is 40.7 Å². The summed E-state index contributed by atoms with van der Waals surface area (Å²) < 4.78 is 5.36. The molecular formula is C20H25ClN6OS. The highest BCUT2D eigenvalue weighted by atomic mass is 35.5. The molecule has 0 saturated carbocycles. The van der Waals surface area contributed by atoms with Crippen LogP contribution >= 0.6 is 23.8 Å². The van der Waals surface area contributed by atoms with E-state index in [0.717, 1.165) is 64.7 Å². The maximum atomic E-state index is 6.26. The summed E-state index contributed by atoms with van der Waals surface area (Å²) in [7, 11) is 0. The first kappa shape index (κ1) is 20.3. The lowest BCUT2D eigenvalue weighted by Crippen LogP contribution is -2.42. The highest BCUT2D eigenvalue weighted by molar-refractivity contribution is 7.80. The molecule has 0 bridgehead atoms. The van der Waals surface area contributed by atoms with Gasteiger partial charge in [0.05, 0.1) is 13.2 Å². The number of rotatable bonds is 5. The minimum atomic E-state index is 0.396. The monoisotopic (exact) mass is 432 g/mol. The Morgan fingerprint density at radius 1 is 1.14 bits per heavy atom. The Morgan fingerprint density at radius 2 is 1.93 bits per heavy atom. The number of ether oxygens (including phenoxy) is 1. The Hall–Kier alpha value is -2.00. The topological polar surface area (TPSA) is 65.6 Å². The van der Waals surface area contributed by atoms with E-state index in [1.165, 1.54) is 11.1 Å². The number of hydrogen-bond donors (Lipinski definition) is 2. The van der Waals surface area contributed by atoms with Crippen LogP contribution in [0.5, 0.6) is 0 Å². The van der Waals surface area contributed by atoms with Crippen LogP contribution in [0.1, 0.15) is 11.1 Å². The van der Waals surface area contributed by atoms with Gasteiger partial charge in [0, 0.05) is 45.3 Å². The number of nitrogens with one attached hydrogen (secondary N) is 2. The molecule has 7 nitrogen and oxygen atoms in total. The second-order valence-electron chi connectivity index (χ2n) is 7.15. The normalized spacial score (nSPS) is 16.9. The third-order valence-corrected chi connectivity index (χ3v) is 5.62. The van der Waals surface area contributed by atoms with Gasteiger partial charge in [0.15, 0.2) is 5.11 Å². The Labute approximate surface area is 181 Å². The lowest BCUT2D eigenvalue weighted by Gasteiger charge is -2.30. The van der Waals surface area contributed by atoms with Gasteiger partial charge < -0.3 is 20.3 Å². The zero-order valence-electron chi connectivity index (χ0n) is 16.2. The van der Waals surface area contributed by atoms with Crippen LogP contribution in [0.15, 0.2) is 30.3 Å². The molecule has 1 fully saturated rings. The van der Waals surface area contributed by atoms with Crippen molar-refractivity contribution in [3.63, 3.8) is 0 Å². The van der Waals surface area contributed by atoms with Crippen LogP contribution in [-0.4, -0.2) is 65.9 Å². The van der Waals surface area contributed by atoms with Crippen LogP contribution < -0.4 is 15.5 Å². The standard InChI is InChI=1S/C20H25ClN6OS/c21-17-13-18(27-7-5-15-3-1-2-4-16(15)14-27)24-19(23-17)25-20(29)22-6-8-26-9-11-28-12-10-26/h1-4,13H,5-12,14H2,(H2,22,23,24,25,29). The third-order valence-electron chi connectivity index (χ3n) is 5.18. The lowest BCUT2D eigenvalue weighted by atomic mass is 10.00. The van der Waals surface area contributed by atoms with Crippen molar-refractivity contribution in [3.8, 4) is 0 Å². The molecule has 0 unspecified atom stereocenters. The first-order valence-corrected chi connectivity index (χ1v) is 10.7. The van der Waals surface area contributed by atoms with Crippen LogP contribution in [0.2, 0.25) is 5.15 Å². The minimum absolute atomic E-state index is 0.396. The summed E-state index contributed by atoms with van der Waals surface area (Å²) >= 11 is 11.7. The third kappa shape index (κ3) is 5.54. The molecular weight excluding hydrogens is 408 g/mol. The molecule has 3 heterocycles. The van der Waals surface area contributed by atoms with E-state index in [9.17, 15) is 0 Å². The van der Waals surface area contributed by atoms with Crippen molar-refractivity contribution < 1.29 is 4.74 Å². The molecule has 1 saturated heterocycles. The first-order valence-electron chi connectivity index (χ1n) is 9.88. The summed E-state index contributed by atoms with van der Waals surface area (Å²) in [5, 5.41) is 7.17. The molecule has 1 aromatic heterocycles. The fourth-order valence-electron chi connectivity index (χ4n) is 3.61. The van der Waals surface area contributed by atoms with Crippen molar-refractivity contribution in [2.45, 2.75) is 13.0 Å². The van der Waals surface area contributed by atoms with E-state index in [4.69, 9.17) is 28.6 Å². The number of fused-ring (bicyclic) bond motifs is 1. The second kappa shape index (κ2) is 9.67. The molecule has 2 N–H and O–H groups in total. The molecule has 2 aromatic rings. The summed E-state index contributed by atoms with van der Waals surface area (Å²) in [5.74, 6) is 1.22. The maximum Gasteiger partial charge on any atom is 0.232 e. The van der Waals surface area contributed by atoms with E-state index in [1.807, 2.05) is 0 Å².